The van der Waals surface area contributed by atoms with Crippen molar-refractivity contribution in [3.63, 3.8) is 0 Å². The molecule has 0 fully saturated rings. The SMILES string of the molecule is COCCNCCCNCc1ccc(OC)c(F)c1. The molecule has 0 heterocycles. The molecule has 0 aromatic heterocycles. The Hall–Kier alpha value is -1.17. The molecule has 1 aromatic rings. The van der Waals surface area contributed by atoms with Gasteiger partial charge in [-0.05, 0) is 37.2 Å². The van der Waals surface area contributed by atoms with Gasteiger partial charge in [-0.15, -0.1) is 0 Å². The molecular formula is C14H23FN2O2. The lowest BCUT2D eigenvalue weighted by Gasteiger charge is -2.07. The number of hydrogen-bond acceptors (Lipinski definition) is 4. The van der Waals surface area contributed by atoms with E-state index in [2.05, 4.69) is 10.6 Å². The highest BCUT2D eigenvalue weighted by molar-refractivity contribution is 5.29. The first-order valence-electron chi connectivity index (χ1n) is 6.50. The van der Waals surface area contributed by atoms with Crippen molar-refractivity contribution in [3.8, 4) is 5.75 Å². The second-order valence-electron chi connectivity index (χ2n) is 4.24. The summed E-state index contributed by atoms with van der Waals surface area (Å²) in [6.45, 7) is 4.12. The van der Waals surface area contributed by atoms with E-state index in [-0.39, 0.29) is 11.6 Å². The molecular weight excluding hydrogens is 247 g/mol. The summed E-state index contributed by atoms with van der Waals surface area (Å²) in [5.41, 5.74) is 0.922. The van der Waals surface area contributed by atoms with Crippen LogP contribution in [0.1, 0.15) is 12.0 Å². The van der Waals surface area contributed by atoms with E-state index < -0.39 is 0 Å². The Morgan fingerprint density at radius 2 is 1.89 bits per heavy atom. The molecule has 1 aromatic carbocycles. The fourth-order valence-corrected chi connectivity index (χ4v) is 1.69. The monoisotopic (exact) mass is 270 g/mol. The van der Waals surface area contributed by atoms with Crippen LogP contribution in [-0.2, 0) is 11.3 Å². The number of hydrogen-bond donors (Lipinski definition) is 2. The van der Waals surface area contributed by atoms with Gasteiger partial charge in [0.15, 0.2) is 11.6 Å². The van der Waals surface area contributed by atoms with Crippen LogP contribution in [-0.4, -0.2) is 40.5 Å². The van der Waals surface area contributed by atoms with Gasteiger partial charge in [0.05, 0.1) is 13.7 Å². The van der Waals surface area contributed by atoms with Gasteiger partial charge in [-0.3, -0.25) is 0 Å². The third-order valence-electron chi connectivity index (χ3n) is 2.74. The lowest BCUT2D eigenvalue weighted by Crippen LogP contribution is -2.24. The van der Waals surface area contributed by atoms with Crippen LogP contribution in [0.5, 0.6) is 5.75 Å². The number of benzene rings is 1. The van der Waals surface area contributed by atoms with Gasteiger partial charge in [-0.1, -0.05) is 6.07 Å². The van der Waals surface area contributed by atoms with Crippen molar-refractivity contribution < 1.29 is 13.9 Å². The van der Waals surface area contributed by atoms with E-state index in [1.807, 2.05) is 6.07 Å². The molecule has 0 saturated carbocycles. The van der Waals surface area contributed by atoms with Crippen LogP contribution in [0.4, 0.5) is 4.39 Å². The number of rotatable bonds is 10. The van der Waals surface area contributed by atoms with Crippen LogP contribution >= 0.6 is 0 Å². The zero-order valence-corrected chi connectivity index (χ0v) is 11.7. The second-order valence-corrected chi connectivity index (χ2v) is 4.24. The molecule has 0 bridgehead atoms. The van der Waals surface area contributed by atoms with Gasteiger partial charge in [0.2, 0.25) is 0 Å². The Balaban J connectivity index is 2.11. The molecule has 0 aliphatic carbocycles. The standard InChI is InChI=1S/C14H23FN2O2/c1-18-9-8-16-6-3-7-17-11-12-4-5-14(19-2)13(15)10-12/h4-5,10,16-17H,3,6-9,11H2,1-2H3. The molecule has 0 aliphatic rings. The molecule has 2 N–H and O–H groups in total. The predicted molar refractivity (Wildman–Crippen MR) is 74.0 cm³/mol. The van der Waals surface area contributed by atoms with Crippen LogP contribution in [0.25, 0.3) is 0 Å². The van der Waals surface area contributed by atoms with Crippen LogP contribution in [0.15, 0.2) is 18.2 Å². The van der Waals surface area contributed by atoms with Gasteiger partial charge in [0, 0.05) is 20.2 Å². The van der Waals surface area contributed by atoms with Gasteiger partial charge >= 0.3 is 0 Å². The van der Waals surface area contributed by atoms with Gasteiger partial charge in [-0.2, -0.15) is 0 Å². The molecule has 5 heteroatoms. The van der Waals surface area contributed by atoms with E-state index >= 15 is 0 Å². The van der Waals surface area contributed by atoms with Crippen molar-refractivity contribution in [2.45, 2.75) is 13.0 Å². The maximum absolute atomic E-state index is 13.4. The minimum Gasteiger partial charge on any atom is -0.494 e. The molecule has 108 valence electrons. The Labute approximate surface area is 114 Å². The summed E-state index contributed by atoms with van der Waals surface area (Å²) in [6, 6.07) is 5.02. The first-order valence-corrected chi connectivity index (χ1v) is 6.50. The Kier molecular flexibility index (Phi) is 8.13. The molecule has 0 spiro atoms. The van der Waals surface area contributed by atoms with Gasteiger partial charge in [0.1, 0.15) is 0 Å². The van der Waals surface area contributed by atoms with E-state index in [0.717, 1.165) is 38.2 Å². The number of nitrogens with one attached hydrogen (secondary N) is 2. The largest absolute Gasteiger partial charge is 0.494 e. The van der Waals surface area contributed by atoms with E-state index in [9.17, 15) is 4.39 Å². The molecule has 0 atom stereocenters. The van der Waals surface area contributed by atoms with Crippen molar-refractivity contribution in [2.24, 2.45) is 0 Å². The smallest absolute Gasteiger partial charge is 0.165 e. The van der Waals surface area contributed by atoms with Crippen molar-refractivity contribution in [1.29, 1.82) is 0 Å². The molecule has 19 heavy (non-hydrogen) atoms. The summed E-state index contributed by atoms with van der Waals surface area (Å²) >= 11 is 0. The van der Waals surface area contributed by atoms with Crippen LogP contribution in [0.2, 0.25) is 0 Å². The molecule has 0 radical (unpaired) electrons. The van der Waals surface area contributed by atoms with Crippen molar-refractivity contribution in [2.75, 3.05) is 40.5 Å². The Morgan fingerprint density at radius 1 is 1.11 bits per heavy atom. The predicted octanol–water partition coefficient (Wildman–Crippen LogP) is 1.55. The average Bonchev–Trinajstić information content (AvgIpc) is 2.42. The Morgan fingerprint density at radius 3 is 2.58 bits per heavy atom. The lowest BCUT2D eigenvalue weighted by atomic mass is 10.2. The zero-order valence-electron chi connectivity index (χ0n) is 11.7. The lowest BCUT2D eigenvalue weighted by molar-refractivity contribution is 0.199. The average molecular weight is 270 g/mol. The minimum atomic E-state index is -0.317. The second kappa shape index (κ2) is 9.72. The Bertz CT molecular complexity index is 361. The molecule has 1 rings (SSSR count). The molecule has 0 unspecified atom stereocenters. The topological polar surface area (TPSA) is 42.5 Å². The fourth-order valence-electron chi connectivity index (χ4n) is 1.69. The summed E-state index contributed by atoms with van der Waals surface area (Å²) in [7, 11) is 3.16. The highest BCUT2D eigenvalue weighted by Gasteiger charge is 2.02. The van der Waals surface area contributed by atoms with Crippen molar-refractivity contribution in [1.82, 2.24) is 10.6 Å². The molecule has 0 amide bonds. The third-order valence-corrected chi connectivity index (χ3v) is 2.74. The normalized spacial score (nSPS) is 10.7. The summed E-state index contributed by atoms with van der Waals surface area (Å²) < 4.78 is 23.2. The molecule has 4 nitrogen and oxygen atoms in total. The number of halogens is 1. The summed E-state index contributed by atoms with van der Waals surface area (Å²) in [4.78, 5) is 0. The highest BCUT2D eigenvalue weighted by atomic mass is 19.1. The first-order chi connectivity index (χ1) is 9.27. The molecule has 0 aliphatic heterocycles. The van der Waals surface area contributed by atoms with Crippen LogP contribution in [0.3, 0.4) is 0 Å². The van der Waals surface area contributed by atoms with Gasteiger partial charge in [0.25, 0.3) is 0 Å². The van der Waals surface area contributed by atoms with Crippen LogP contribution in [0, 0.1) is 5.82 Å². The fraction of sp³-hybridized carbons (Fsp3) is 0.571. The zero-order chi connectivity index (χ0) is 13.9. The van der Waals surface area contributed by atoms with E-state index in [4.69, 9.17) is 9.47 Å². The minimum absolute atomic E-state index is 0.283. The maximum atomic E-state index is 13.4. The highest BCUT2D eigenvalue weighted by Crippen LogP contribution is 2.17. The summed E-state index contributed by atoms with van der Waals surface area (Å²) in [5, 5.41) is 6.55. The van der Waals surface area contributed by atoms with E-state index in [1.54, 1.807) is 13.2 Å². The van der Waals surface area contributed by atoms with E-state index in [1.165, 1.54) is 13.2 Å². The van der Waals surface area contributed by atoms with E-state index in [0.29, 0.717) is 6.54 Å². The van der Waals surface area contributed by atoms with Crippen LogP contribution < -0.4 is 15.4 Å². The van der Waals surface area contributed by atoms with Gasteiger partial charge < -0.3 is 20.1 Å². The third kappa shape index (κ3) is 6.52. The van der Waals surface area contributed by atoms with Gasteiger partial charge in [-0.25, -0.2) is 4.39 Å². The number of methoxy groups -OCH3 is 2. The molecule has 0 saturated heterocycles. The first kappa shape index (κ1) is 15.9. The number of ether oxygens (including phenoxy) is 2. The van der Waals surface area contributed by atoms with Crippen molar-refractivity contribution in [3.05, 3.63) is 29.6 Å². The maximum Gasteiger partial charge on any atom is 0.165 e. The van der Waals surface area contributed by atoms with Crippen molar-refractivity contribution >= 4 is 0 Å². The quantitative estimate of drug-likeness (QED) is 0.633. The summed E-state index contributed by atoms with van der Waals surface area (Å²) in [5.74, 6) is -0.0332. The summed E-state index contributed by atoms with van der Waals surface area (Å²) in [6.07, 6.45) is 1.03.